The molecule has 1 atom stereocenters. The van der Waals surface area contributed by atoms with Gasteiger partial charge in [-0.3, -0.25) is 10.1 Å². The van der Waals surface area contributed by atoms with Gasteiger partial charge in [0.1, 0.15) is 11.5 Å². The lowest BCUT2D eigenvalue weighted by atomic mass is 9.95. The lowest BCUT2D eigenvalue weighted by Gasteiger charge is -2.25. The highest BCUT2D eigenvalue weighted by Crippen LogP contribution is 2.48. The van der Waals surface area contributed by atoms with Crippen LogP contribution in [0.5, 0.6) is 5.75 Å². The molecule has 4 aromatic rings. The van der Waals surface area contributed by atoms with Crippen LogP contribution in [-0.4, -0.2) is 4.92 Å². The summed E-state index contributed by atoms with van der Waals surface area (Å²) in [4.78, 5) is 10.8. The minimum atomic E-state index is -0.601. The van der Waals surface area contributed by atoms with Crippen molar-refractivity contribution in [3.8, 4) is 28.2 Å². The second kappa shape index (κ2) is 6.79. The van der Waals surface area contributed by atoms with E-state index in [-0.39, 0.29) is 5.69 Å². The van der Waals surface area contributed by atoms with Crippen LogP contribution >= 0.6 is 11.6 Å². The van der Waals surface area contributed by atoms with Crippen molar-refractivity contribution in [2.24, 2.45) is 0 Å². The van der Waals surface area contributed by atoms with Crippen LogP contribution in [-0.2, 0) is 0 Å². The van der Waals surface area contributed by atoms with E-state index >= 15 is 0 Å². The molecule has 5 nitrogen and oxygen atoms in total. The van der Waals surface area contributed by atoms with Crippen LogP contribution in [0.4, 0.5) is 5.69 Å². The predicted octanol–water partition coefficient (Wildman–Crippen LogP) is 6.66. The fourth-order valence-corrected chi connectivity index (χ4v) is 3.74. The number of halogens is 1. The van der Waals surface area contributed by atoms with Crippen molar-refractivity contribution in [2.75, 3.05) is 0 Å². The van der Waals surface area contributed by atoms with Gasteiger partial charge in [0.05, 0.1) is 4.92 Å². The smallest absolute Gasteiger partial charge is 0.269 e. The zero-order valence-corrected chi connectivity index (χ0v) is 15.8. The quantitative estimate of drug-likeness (QED) is 0.283. The molecule has 0 saturated carbocycles. The van der Waals surface area contributed by atoms with Crippen molar-refractivity contribution in [1.82, 2.24) is 0 Å². The molecule has 0 N–H and O–H groups in total. The average molecular weight is 404 g/mol. The molecule has 0 spiro atoms. The van der Waals surface area contributed by atoms with Gasteiger partial charge in [-0.1, -0.05) is 54.1 Å². The summed E-state index contributed by atoms with van der Waals surface area (Å²) in [7, 11) is 0. The first kappa shape index (κ1) is 17.5. The number of hydrogen-bond donors (Lipinski definition) is 0. The Morgan fingerprint density at radius 1 is 0.897 bits per heavy atom. The highest BCUT2D eigenvalue weighted by atomic mass is 35.5. The summed E-state index contributed by atoms with van der Waals surface area (Å²) in [5, 5.41) is 11.8. The Kier molecular flexibility index (Phi) is 4.11. The molecular formula is C23H14ClNO4. The predicted molar refractivity (Wildman–Crippen MR) is 110 cm³/mol. The zero-order valence-electron chi connectivity index (χ0n) is 15.0. The SMILES string of the molecule is O=[N+]([O-])c1cccc(C2Oc3ccc(Cl)cc3-c3cc(-c4ccccc4)oc32)c1. The van der Waals surface area contributed by atoms with Crippen LogP contribution in [0.15, 0.2) is 83.3 Å². The van der Waals surface area contributed by atoms with Crippen molar-refractivity contribution in [1.29, 1.82) is 0 Å². The van der Waals surface area contributed by atoms with E-state index in [1.54, 1.807) is 24.3 Å². The van der Waals surface area contributed by atoms with Crippen LogP contribution < -0.4 is 4.74 Å². The Hall–Kier alpha value is -3.57. The molecule has 6 heteroatoms. The average Bonchev–Trinajstić information content (AvgIpc) is 3.20. The Bertz CT molecular complexity index is 1230. The molecule has 0 amide bonds. The molecule has 2 heterocycles. The summed E-state index contributed by atoms with van der Waals surface area (Å²) in [5.41, 5.74) is 3.28. The molecule has 0 bridgehead atoms. The maximum absolute atomic E-state index is 11.2. The molecule has 0 radical (unpaired) electrons. The molecule has 3 aromatic carbocycles. The van der Waals surface area contributed by atoms with E-state index in [0.29, 0.717) is 27.9 Å². The summed E-state index contributed by atoms with van der Waals surface area (Å²) in [5.74, 6) is 1.94. The van der Waals surface area contributed by atoms with E-state index in [4.69, 9.17) is 20.8 Å². The molecular weight excluding hydrogens is 390 g/mol. The Morgan fingerprint density at radius 3 is 2.52 bits per heavy atom. The van der Waals surface area contributed by atoms with E-state index in [1.807, 2.05) is 42.5 Å². The Morgan fingerprint density at radius 2 is 1.72 bits per heavy atom. The first-order valence-electron chi connectivity index (χ1n) is 9.00. The fourth-order valence-electron chi connectivity index (χ4n) is 3.57. The summed E-state index contributed by atoms with van der Waals surface area (Å²) < 4.78 is 12.4. The van der Waals surface area contributed by atoms with Crippen molar-refractivity contribution < 1.29 is 14.1 Å². The topological polar surface area (TPSA) is 65.5 Å². The normalized spacial score (nSPS) is 14.6. The molecule has 142 valence electrons. The van der Waals surface area contributed by atoms with Crippen LogP contribution in [0.1, 0.15) is 17.4 Å². The molecule has 5 rings (SSSR count). The van der Waals surface area contributed by atoms with Gasteiger partial charge in [-0.25, -0.2) is 0 Å². The van der Waals surface area contributed by atoms with Crippen LogP contribution in [0, 0.1) is 10.1 Å². The summed E-state index contributed by atoms with van der Waals surface area (Å²) >= 11 is 6.21. The number of non-ortho nitro benzene ring substituents is 1. The maximum atomic E-state index is 11.2. The summed E-state index contributed by atoms with van der Waals surface area (Å²) in [6.45, 7) is 0. The number of ether oxygens (including phenoxy) is 1. The van der Waals surface area contributed by atoms with Gasteiger partial charge in [0.2, 0.25) is 0 Å². The van der Waals surface area contributed by atoms with E-state index in [2.05, 4.69) is 0 Å². The van der Waals surface area contributed by atoms with Crippen molar-refractivity contribution in [2.45, 2.75) is 6.10 Å². The number of hydrogen-bond acceptors (Lipinski definition) is 4. The third-order valence-corrected chi connectivity index (χ3v) is 5.15. The molecule has 0 fully saturated rings. The minimum absolute atomic E-state index is 0.00407. The van der Waals surface area contributed by atoms with Gasteiger partial charge >= 0.3 is 0 Å². The van der Waals surface area contributed by atoms with Crippen LogP contribution in [0.25, 0.3) is 22.5 Å². The number of benzene rings is 3. The summed E-state index contributed by atoms with van der Waals surface area (Å²) in [6, 6.07) is 23.5. The number of nitro benzene ring substituents is 1. The van der Waals surface area contributed by atoms with Crippen molar-refractivity contribution in [3.05, 3.63) is 105 Å². The van der Waals surface area contributed by atoms with Crippen molar-refractivity contribution >= 4 is 17.3 Å². The summed E-state index contributed by atoms with van der Waals surface area (Å²) in [6.07, 6.45) is -0.601. The monoisotopic (exact) mass is 403 g/mol. The highest BCUT2D eigenvalue weighted by molar-refractivity contribution is 6.31. The Balaban J connectivity index is 1.70. The number of rotatable bonds is 3. The van der Waals surface area contributed by atoms with Gasteiger partial charge in [0.15, 0.2) is 11.9 Å². The van der Waals surface area contributed by atoms with E-state index in [9.17, 15) is 10.1 Å². The fraction of sp³-hybridized carbons (Fsp3) is 0.0435. The van der Waals surface area contributed by atoms with Gasteiger partial charge in [0.25, 0.3) is 5.69 Å². The largest absolute Gasteiger partial charge is 0.477 e. The third kappa shape index (κ3) is 3.05. The zero-order chi connectivity index (χ0) is 20.0. The molecule has 0 aliphatic carbocycles. The van der Waals surface area contributed by atoms with E-state index in [1.165, 1.54) is 12.1 Å². The second-order valence-corrected chi connectivity index (χ2v) is 7.18. The first-order chi connectivity index (χ1) is 14.1. The van der Waals surface area contributed by atoms with E-state index < -0.39 is 11.0 Å². The number of nitro groups is 1. The Labute approximate surface area is 171 Å². The molecule has 1 aromatic heterocycles. The number of fused-ring (bicyclic) bond motifs is 3. The van der Waals surface area contributed by atoms with Gasteiger partial charge < -0.3 is 9.15 Å². The third-order valence-electron chi connectivity index (χ3n) is 4.92. The molecule has 29 heavy (non-hydrogen) atoms. The number of furan rings is 1. The first-order valence-corrected chi connectivity index (χ1v) is 9.38. The van der Waals surface area contributed by atoms with Gasteiger partial charge in [-0.05, 0) is 24.3 Å². The lowest BCUT2D eigenvalue weighted by Crippen LogP contribution is -2.14. The highest BCUT2D eigenvalue weighted by Gasteiger charge is 2.33. The molecule has 0 saturated heterocycles. The van der Waals surface area contributed by atoms with Crippen LogP contribution in [0.2, 0.25) is 5.02 Å². The standard InChI is InChI=1S/C23H14ClNO4/c24-16-9-10-20-18(12-16)19-13-21(14-5-2-1-3-6-14)29-23(19)22(28-20)15-7-4-8-17(11-15)25(26)27/h1-13,22H. The van der Waals surface area contributed by atoms with Gasteiger partial charge in [-0.15, -0.1) is 0 Å². The van der Waals surface area contributed by atoms with Gasteiger partial charge in [0, 0.05) is 39.4 Å². The van der Waals surface area contributed by atoms with Crippen LogP contribution in [0.3, 0.4) is 0 Å². The lowest BCUT2D eigenvalue weighted by molar-refractivity contribution is -0.385. The van der Waals surface area contributed by atoms with Gasteiger partial charge in [-0.2, -0.15) is 0 Å². The van der Waals surface area contributed by atoms with E-state index in [0.717, 1.165) is 16.7 Å². The second-order valence-electron chi connectivity index (χ2n) is 6.75. The molecule has 1 aliphatic rings. The minimum Gasteiger partial charge on any atom is -0.477 e. The molecule has 1 unspecified atom stereocenters. The molecule has 1 aliphatic heterocycles. The number of nitrogens with zero attached hydrogens (tertiary/aromatic N) is 1. The maximum Gasteiger partial charge on any atom is 0.269 e. The van der Waals surface area contributed by atoms with Crippen molar-refractivity contribution in [3.63, 3.8) is 0 Å².